The van der Waals surface area contributed by atoms with Crippen LogP contribution in [0.15, 0.2) is 48.5 Å². The second kappa shape index (κ2) is 4.70. The van der Waals surface area contributed by atoms with E-state index in [2.05, 4.69) is 9.69 Å². The first-order valence-corrected chi connectivity index (χ1v) is 6.46. The molecular formula is C14H10N2O2S. The second-order valence-electron chi connectivity index (χ2n) is 4.04. The molecule has 5 heteroatoms. The number of hydrogen-bond donors (Lipinski definition) is 2. The third-order valence-corrected chi connectivity index (χ3v) is 3.54. The number of hydrogen-bond acceptors (Lipinski definition) is 4. The molecule has 0 unspecified atom stereocenters. The molecule has 0 bridgehead atoms. The van der Waals surface area contributed by atoms with Crippen molar-refractivity contribution >= 4 is 39.1 Å². The molecule has 1 heterocycles. The molecule has 0 spiro atoms. The molecule has 0 saturated carbocycles. The molecule has 0 saturated heterocycles. The van der Waals surface area contributed by atoms with E-state index in [0.717, 1.165) is 21.6 Å². The third kappa shape index (κ3) is 2.28. The number of carboxylic acids is 1. The van der Waals surface area contributed by atoms with Crippen molar-refractivity contribution in [3.63, 3.8) is 0 Å². The molecule has 1 aromatic heterocycles. The lowest BCUT2D eigenvalue weighted by Crippen LogP contribution is -1.97. The zero-order valence-electron chi connectivity index (χ0n) is 9.83. The Morgan fingerprint density at radius 2 is 2.00 bits per heavy atom. The van der Waals surface area contributed by atoms with Crippen LogP contribution in [0.25, 0.3) is 10.9 Å². The maximum absolute atomic E-state index is 10.9. The zero-order valence-corrected chi connectivity index (χ0v) is 10.6. The first-order chi connectivity index (χ1) is 9.24. The fourth-order valence-electron chi connectivity index (χ4n) is 1.84. The van der Waals surface area contributed by atoms with Crippen molar-refractivity contribution in [1.82, 2.24) is 4.37 Å². The number of aromatic carboxylic acids is 1. The molecule has 2 aromatic carbocycles. The predicted octanol–water partition coefficient (Wildman–Crippen LogP) is 3.74. The molecular weight excluding hydrogens is 260 g/mol. The Labute approximate surface area is 113 Å². The number of carboxylic acid groups (broad SMARTS) is 1. The van der Waals surface area contributed by atoms with Crippen LogP contribution in [-0.4, -0.2) is 15.4 Å². The molecule has 4 nitrogen and oxygen atoms in total. The van der Waals surface area contributed by atoms with Gasteiger partial charge in [0, 0.05) is 11.1 Å². The standard InChI is InChI=1S/C14H10N2O2S/c17-14(18)9-4-3-5-10(8-9)15-13-11-6-1-2-7-12(11)16-19-13/h1-8,15H,(H,17,18). The SMILES string of the molecule is O=C(O)c1cccc(Nc2snc3ccccc23)c1. The van der Waals surface area contributed by atoms with Crippen LogP contribution in [0.3, 0.4) is 0 Å². The normalized spacial score (nSPS) is 10.5. The Kier molecular flexibility index (Phi) is 2.89. The highest BCUT2D eigenvalue weighted by Crippen LogP contribution is 2.30. The minimum atomic E-state index is -0.933. The number of nitrogens with zero attached hydrogens (tertiary/aromatic N) is 1. The Hall–Kier alpha value is -2.40. The minimum absolute atomic E-state index is 0.263. The van der Waals surface area contributed by atoms with Gasteiger partial charge in [-0.25, -0.2) is 4.79 Å². The topological polar surface area (TPSA) is 62.2 Å². The summed E-state index contributed by atoms with van der Waals surface area (Å²) < 4.78 is 4.34. The summed E-state index contributed by atoms with van der Waals surface area (Å²) in [5.74, 6) is -0.933. The highest BCUT2D eigenvalue weighted by atomic mass is 32.1. The van der Waals surface area contributed by atoms with Crippen molar-refractivity contribution in [2.75, 3.05) is 5.32 Å². The molecule has 3 rings (SSSR count). The second-order valence-corrected chi connectivity index (χ2v) is 4.81. The van der Waals surface area contributed by atoms with Gasteiger partial charge in [-0.05, 0) is 41.9 Å². The van der Waals surface area contributed by atoms with Gasteiger partial charge in [0.15, 0.2) is 0 Å². The monoisotopic (exact) mass is 270 g/mol. The van der Waals surface area contributed by atoms with E-state index in [-0.39, 0.29) is 5.56 Å². The van der Waals surface area contributed by atoms with Gasteiger partial charge in [0.2, 0.25) is 0 Å². The molecule has 0 amide bonds. The van der Waals surface area contributed by atoms with Gasteiger partial charge in [-0.1, -0.05) is 18.2 Å². The first kappa shape index (κ1) is 11.7. The van der Waals surface area contributed by atoms with Crippen molar-refractivity contribution in [1.29, 1.82) is 0 Å². The zero-order chi connectivity index (χ0) is 13.2. The molecule has 0 aliphatic heterocycles. The average molecular weight is 270 g/mol. The molecule has 2 N–H and O–H groups in total. The summed E-state index contributed by atoms with van der Waals surface area (Å²) in [6.07, 6.45) is 0. The van der Waals surface area contributed by atoms with Crippen molar-refractivity contribution < 1.29 is 9.90 Å². The Bertz CT molecular complexity index is 752. The van der Waals surface area contributed by atoms with Crippen molar-refractivity contribution in [3.8, 4) is 0 Å². The largest absolute Gasteiger partial charge is 0.478 e. The molecule has 0 atom stereocenters. The predicted molar refractivity (Wildman–Crippen MR) is 76.3 cm³/mol. The van der Waals surface area contributed by atoms with Gasteiger partial charge >= 0.3 is 5.97 Å². The van der Waals surface area contributed by atoms with E-state index in [9.17, 15) is 4.79 Å². The van der Waals surface area contributed by atoms with Gasteiger partial charge in [0.25, 0.3) is 0 Å². The van der Waals surface area contributed by atoms with Gasteiger partial charge in [0.1, 0.15) is 5.00 Å². The van der Waals surface area contributed by atoms with Gasteiger partial charge in [-0.3, -0.25) is 0 Å². The first-order valence-electron chi connectivity index (χ1n) is 5.69. The number of rotatable bonds is 3. The smallest absolute Gasteiger partial charge is 0.335 e. The van der Waals surface area contributed by atoms with Gasteiger partial charge in [-0.2, -0.15) is 4.37 Å². The Morgan fingerprint density at radius 3 is 2.84 bits per heavy atom. The van der Waals surface area contributed by atoms with Crippen LogP contribution in [0.1, 0.15) is 10.4 Å². The maximum Gasteiger partial charge on any atom is 0.335 e. The minimum Gasteiger partial charge on any atom is -0.478 e. The fraction of sp³-hybridized carbons (Fsp3) is 0. The number of fused-ring (bicyclic) bond motifs is 1. The van der Waals surface area contributed by atoms with Crippen LogP contribution in [0.2, 0.25) is 0 Å². The van der Waals surface area contributed by atoms with E-state index in [0.29, 0.717) is 0 Å². The average Bonchev–Trinajstić information content (AvgIpc) is 2.83. The van der Waals surface area contributed by atoms with Crippen LogP contribution in [0.5, 0.6) is 0 Å². The molecule has 3 aromatic rings. The number of benzene rings is 2. The summed E-state index contributed by atoms with van der Waals surface area (Å²) in [6, 6.07) is 14.6. The molecule has 0 aliphatic carbocycles. The third-order valence-electron chi connectivity index (χ3n) is 2.75. The van der Waals surface area contributed by atoms with Crippen LogP contribution < -0.4 is 5.32 Å². The van der Waals surface area contributed by atoms with E-state index >= 15 is 0 Å². The molecule has 0 fully saturated rings. The number of carbonyl (C=O) groups is 1. The van der Waals surface area contributed by atoms with Crippen LogP contribution in [0.4, 0.5) is 10.7 Å². The summed E-state index contributed by atoms with van der Waals surface area (Å²) in [5.41, 5.74) is 1.94. The van der Waals surface area contributed by atoms with Crippen LogP contribution in [0, 0.1) is 0 Å². The van der Waals surface area contributed by atoms with Crippen molar-refractivity contribution in [3.05, 3.63) is 54.1 Å². The van der Waals surface area contributed by atoms with Gasteiger partial charge < -0.3 is 10.4 Å². The van der Waals surface area contributed by atoms with E-state index in [1.807, 2.05) is 30.3 Å². The Morgan fingerprint density at radius 1 is 1.16 bits per heavy atom. The number of nitrogens with one attached hydrogen (secondary N) is 1. The summed E-state index contributed by atoms with van der Waals surface area (Å²) in [5, 5.41) is 14.1. The number of anilines is 2. The summed E-state index contributed by atoms with van der Waals surface area (Å²) in [6.45, 7) is 0. The lowest BCUT2D eigenvalue weighted by atomic mass is 10.2. The maximum atomic E-state index is 10.9. The summed E-state index contributed by atoms with van der Waals surface area (Å²) >= 11 is 1.36. The summed E-state index contributed by atoms with van der Waals surface area (Å²) in [4.78, 5) is 10.9. The molecule has 94 valence electrons. The van der Waals surface area contributed by atoms with Crippen LogP contribution >= 0.6 is 11.5 Å². The summed E-state index contributed by atoms with van der Waals surface area (Å²) in [7, 11) is 0. The molecule has 19 heavy (non-hydrogen) atoms. The van der Waals surface area contributed by atoms with E-state index in [1.54, 1.807) is 18.2 Å². The fourth-order valence-corrected chi connectivity index (χ4v) is 2.62. The molecule has 0 aliphatic rings. The van der Waals surface area contributed by atoms with E-state index in [1.165, 1.54) is 11.5 Å². The quantitative estimate of drug-likeness (QED) is 0.761. The van der Waals surface area contributed by atoms with Crippen LogP contribution in [-0.2, 0) is 0 Å². The lowest BCUT2D eigenvalue weighted by Gasteiger charge is -2.04. The van der Waals surface area contributed by atoms with Gasteiger partial charge in [0.05, 0.1) is 11.1 Å². The van der Waals surface area contributed by atoms with Crippen molar-refractivity contribution in [2.45, 2.75) is 0 Å². The van der Waals surface area contributed by atoms with E-state index < -0.39 is 5.97 Å². The van der Waals surface area contributed by atoms with Crippen molar-refractivity contribution in [2.24, 2.45) is 0 Å². The van der Waals surface area contributed by atoms with Gasteiger partial charge in [-0.15, -0.1) is 0 Å². The number of aromatic nitrogens is 1. The molecule has 0 radical (unpaired) electrons. The Balaban J connectivity index is 1.97. The highest BCUT2D eigenvalue weighted by molar-refractivity contribution is 7.11. The van der Waals surface area contributed by atoms with E-state index in [4.69, 9.17) is 5.11 Å². The lowest BCUT2D eigenvalue weighted by molar-refractivity contribution is 0.0697. The highest BCUT2D eigenvalue weighted by Gasteiger charge is 2.07.